The summed E-state index contributed by atoms with van der Waals surface area (Å²) in [6.07, 6.45) is 4.11. The molecule has 1 fully saturated rings. The van der Waals surface area contributed by atoms with Gasteiger partial charge in [-0.3, -0.25) is 4.90 Å². The third kappa shape index (κ3) is 4.62. The maximum Gasteiger partial charge on any atom is 0.237 e. The van der Waals surface area contributed by atoms with Crippen molar-refractivity contribution in [3.8, 4) is 5.75 Å². The number of aromatic amines is 1. The number of thioether (sulfide) groups is 1. The van der Waals surface area contributed by atoms with Gasteiger partial charge in [-0.1, -0.05) is 31.4 Å². The maximum atomic E-state index is 6.39. The highest BCUT2D eigenvalue weighted by molar-refractivity contribution is 8.00. The van der Waals surface area contributed by atoms with Gasteiger partial charge in [-0.05, 0) is 87.3 Å². The van der Waals surface area contributed by atoms with Crippen LogP contribution in [-0.4, -0.2) is 47.4 Å². The van der Waals surface area contributed by atoms with Crippen LogP contribution in [-0.2, 0) is 0 Å². The predicted molar refractivity (Wildman–Crippen MR) is 161 cm³/mol. The number of H-pyrrole nitrogens is 1. The molecule has 2 aromatic heterocycles. The Hall–Kier alpha value is -3.17. The largest absolute Gasteiger partial charge is 0.468 e. The second kappa shape index (κ2) is 10.2. The first-order valence-corrected chi connectivity index (χ1v) is 14.5. The maximum absolute atomic E-state index is 6.39. The van der Waals surface area contributed by atoms with E-state index in [0.717, 1.165) is 65.4 Å². The topological polar surface area (TPSA) is 78.1 Å². The minimum Gasteiger partial charge on any atom is -0.468 e. The van der Waals surface area contributed by atoms with Crippen molar-refractivity contribution in [3.05, 3.63) is 53.7 Å². The van der Waals surface area contributed by atoms with Gasteiger partial charge in [0.15, 0.2) is 6.23 Å². The van der Waals surface area contributed by atoms with Crippen LogP contribution in [0.1, 0.15) is 50.7 Å². The summed E-state index contributed by atoms with van der Waals surface area (Å²) in [7, 11) is 2.09. The molecule has 6 rings (SSSR count). The minimum atomic E-state index is -0.210. The molecule has 0 amide bonds. The number of fused-ring (bicyclic) bond motifs is 2. The van der Waals surface area contributed by atoms with Crippen LogP contribution < -0.4 is 25.7 Å². The van der Waals surface area contributed by atoms with Gasteiger partial charge in [-0.15, -0.1) is 11.8 Å². The van der Waals surface area contributed by atoms with Crippen LogP contribution in [0.25, 0.3) is 11.0 Å². The summed E-state index contributed by atoms with van der Waals surface area (Å²) < 4.78 is 6.39. The van der Waals surface area contributed by atoms with Gasteiger partial charge in [0.25, 0.3) is 0 Å². The summed E-state index contributed by atoms with van der Waals surface area (Å²) in [5.41, 5.74) is 6.69. The molecule has 38 heavy (non-hydrogen) atoms. The lowest BCUT2D eigenvalue weighted by atomic mass is 9.87. The quantitative estimate of drug-likeness (QED) is 0.238. The fourth-order valence-electron chi connectivity index (χ4n) is 5.67. The van der Waals surface area contributed by atoms with Gasteiger partial charge >= 0.3 is 0 Å². The number of aryl methyl sites for hydroxylation is 1. The van der Waals surface area contributed by atoms with Crippen molar-refractivity contribution in [2.24, 2.45) is 0 Å². The molecule has 1 unspecified atom stereocenters. The lowest BCUT2D eigenvalue weighted by Gasteiger charge is -2.25. The molecule has 0 spiro atoms. The molecule has 9 heteroatoms. The predicted octanol–water partition coefficient (Wildman–Crippen LogP) is 5.11. The number of para-hydroxylation sites is 1. The Bertz CT molecular complexity index is 1480. The molecule has 0 radical (unpaired) electrons. The highest BCUT2D eigenvalue weighted by Crippen LogP contribution is 2.45. The molecule has 1 saturated heterocycles. The lowest BCUT2D eigenvalue weighted by Crippen LogP contribution is -2.29. The summed E-state index contributed by atoms with van der Waals surface area (Å²) in [5, 5.41) is 8.61. The number of nitrogens with zero attached hydrogens (tertiary/aromatic N) is 3. The Morgan fingerprint density at radius 2 is 1.95 bits per heavy atom. The molecule has 4 heterocycles. The van der Waals surface area contributed by atoms with E-state index in [9.17, 15) is 0 Å². The molecule has 7 nitrogen and oxygen atoms in total. The Balaban J connectivity index is 1.41. The highest BCUT2D eigenvalue weighted by atomic mass is 32.2. The van der Waals surface area contributed by atoms with Crippen LogP contribution >= 0.6 is 11.8 Å². The smallest absolute Gasteiger partial charge is 0.237 e. The zero-order chi connectivity index (χ0) is 26.4. The van der Waals surface area contributed by atoms with Crippen molar-refractivity contribution in [1.29, 1.82) is 0 Å². The van der Waals surface area contributed by atoms with E-state index >= 15 is 0 Å². The van der Waals surface area contributed by atoms with Gasteiger partial charge in [0, 0.05) is 10.1 Å². The summed E-state index contributed by atoms with van der Waals surface area (Å²) in [4.78, 5) is 16.8. The second-order valence-corrected chi connectivity index (χ2v) is 12.3. The van der Waals surface area contributed by atoms with E-state index in [4.69, 9.17) is 14.7 Å². The summed E-state index contributed by atoms with van der Waals surface area (Å²) in [6.45, 7) is 10.8. The Morgan fingerprint density at radius 3 is 2.74 bits per heavy atom. The van der Waals surface area contributed by atoms with Crippen molar-refractivity contribution in [3.63, 3.8) is 0 Å². The zero-order valence-corrected chi connectivity index (χ0v) is 23.6. The average Bonchev–Trinajstić information content (AvgIpc) is 3.43. The van der Waals surface area contributed by atoms with Crippen LogP contribution in [0.4, 0.5) is 23.1 Å². The average molecular weight is 527 g/mol. The van der Waals surface area contributed by atoms with E-state index in [1.165, 1.54) is 16.0 Å². The van der Waals surface area contributed by atoms with Crippen LogP contribution in [0.2, 0.25) is 0 Å². The van der Waals surface area contributed by atoms with Crippen LogP contribution in [0.5, 0.6) is 5.75 Å². The molecule has 2 aliphatic rings. The first-order valence-electron chi connectivity index (χ1n) is 13.6. The van der Waals surface area contributed by atoms with Crippen molar-refractivity contribution in [2.75, 3.05) is 23.3 Å². The van der Waals surface area contributed by atoms with Crippen molar-refractivity contribution in [1.82, 2.24) is 20.3 Å². The molecule has 196 valence electrons. The van der Waals surface area contributed by atoms with Crippen LogP contribution in [0.3, 0.4) is 0 Å². The molecule has 0 saturated carbocycles. The van der Waals surface area contributed by atoms with Gasteiger partial charge in [0.05, 0.1) is 16.8 Å². The zero-order valence-electron chi connectivity index (χ0n) is 22.8. The Labute approximate surface area is 229 Å². The first-order chi connectivity index (χ1) is 18.4. The number of hydrogen-bond acceptors (Lipinski definition) is 7. The van der Waals surface area contributed by atoms with E-state index < -0.39 is 0 Å². The Kier molecular flexibility index (Phi) is 6.74. The normalized spacial score (nSPS) is 17.7. The molecule has 0 aliphatic carbocycles. The lowest BCUT2D eigenvalue weighted by molar-refractivity contribution is 0.254. The number of aromatic nitrogens is 3. The molecule has 2 aromatic carbocycles. The van der Waals surface area contributed by atoms with Gasteiger partial charge in [0.2, 0.25) is 5.95 Å². The molecule has 0 bridgehead atoms. The number of rotatable bonds is 6. The van der Waals surface area contributed by atoms with Crippen LogP contribution in [0, 0.1) is 6.92 Å². The summed E-state index contributed by atoms with van der Waals surface area (Å²) >= 11 is 1.84. The van der Waals surface area contributed by atoms with Crippen molar-refractivity contribution in [2.45, 2.75) is 62.8 Å². The van der Waals surface area contributed by atoms with Crippen molar-refractivity contribution < 1.29 is 4.74 Å². The first kappa shape index (κ1) is 25.1. The summed E-state index contributed by atoms with van der Waals surface area (Å²) in [6, 6.07) is 12.9. The second-order valence-electron chi connectivity index (χ2n) is 10.6. The highest BCUT2D eigenvalue weighted by Gasteiger charge is 2.33. The fraction of sp³-hybridized carbons (Fsp3) is 0.379. The van der Waals surface area contributed by atoms with Crippen molar-refractivity contribution >= 4 is 59.2 Å². The Morgan fingerprint density at radius 1 is 1.16 bits per heavy atom. The molecule has 2 aliphatic heterocycles. The third-order valence-electron chi connectivity index (χ3n) is 7.48. The number of benzene rings is 2. The molecule has 1 atom stereocenters. The van der Waals surface area contributed by atoms with E-state index in [-0.39, 0.29) is 6.23 Å². The standard InChI is InChI=1S/C29H35BN6OS/c1-16(2)38-25-8-6-5-7-22(25)33-28-26-21(30)15-32-27(26)34-29(35-28)36-18(4)37-24-14-20(17(3)13-23(24)36)19-9-11-31-12-10-19/h5-8,13-16,18-19,31H,9-12,30H2,1-4H3,(H2,32,33,34,35). The molecule has 3 N–H and O–H groups in total. The number of nitrogens with one attached hydrogen (secondary N) is 3. The van der Waals surface area contributed by atoms with Crippen LogP contribution in [0.15, 0.2) is 47.5 Å². The minimum absolute atomic E-state index is 0.210. The number of hydrogen-bond donors (Lipinski definition) is 3. The third-order valence-corrected chi connectivity index (χ3v) is 8.56. The van der Waals surface area contributed by atoms with E-state index in [1.807, 2.05) is 18.0 Å². The molecular weight excluding hydrogens is 491 g/mol. The van der Waals surface area contributed by atoms with E-state index in [0.29, 0.717) is 17.1 Å². The fourth-order valence-corrected chi connectivity index (χ4v) is 6.59. The summed E-state index contributed by atoms with van der Waals surface area (Å²) in [5.74, 6) is 2.90. The van der Waals surface area contributed by atoms with Gasteiger partial charge < -0.3 is 20.4 Å². The van der Waals surface area contributed by atoms with E-state index in [2.05, 4.69) is 92.5 Å². The van der Waals surface area contributed by atoms with E-state index in [1.54, 1.807) is 0 Å². The monoisotopic (exact) mass is 526 g/mol. The van der Waals surface area contributed by atoms with Gasteiger partial charge in [0.1, 0.15) is 25.1 Å². The number of ether oxygens (including phenoxy) is 1. The number of piperidine rings is 1. The molecular formula is C29H35BN6OS. The van der Waals surface area contributed by atoms with Gasteiger partial charge in [-0.25, -0.2) is 0 Å². The SMILES string of the molecule is Bc1c[nH]c2nc(N3c4cc(C)c(C5CCNCC5)cc4OC3C)nc(Nc3ccccc3SC(C)C)c12. The molecule has 4 aromatic rings. The number of anilines is 4. The van der Waals surface area contributed by atoms with Gasteiger partial charge in [-0.2, -0.15) is 9.97 Å².